The second-order valence-electron chi connectivity index (χ2n) is 4.99. The van der Waals surface area contributed by atoms with Crippen LogP contribution in [0.3, 0.4) is 0 Å². The monoisotopic (exact) mass is 253 g/mol. The summed E-state index contributed by atoms with van der Waals surface area (Å²) in [5.41, 5.74) is 3.90. The van der Waals surface area contributed by atoms with Gasteiger partial charge in [0.25, 0.3) is 0 Å². The number of hydrogen-bond donors (Lipinski definition) is 1. The summed E-state index contributed by atoms with van der Waals surface area (Å²) in [7, 11) is 0. The first kappa shape index (κ1) is 12.2. The molecule has 1 aromatic heterocycles. The van der Waals surface area contributed by atoms with Gasteiger partial charge < -0.3 is 10.2 Å². The zero-order valence-electron chi connectivity index (χ0n) is 11.2. The Labute approximate surface area is 114 Å². The van der Waals surface area contributed by atoms with E-state index in [1.54, 1.807) is 0 Å². The minimum Gasteiger partial charge on any atom is -0.360 e. The third-order valence-electron chi connectivity index (χ3n) is 3.75. The molecule has 3 heteroatoms. The molecule has 1 unspecified atom stereocenters. The van der Waals surface area contributed by atoms with Gasteiger partial charge >= 0.3 is 0 Å². The molecule has 0 spiro atoms. The molecule has 0 saturated carbocycles. The highest BCUT2D eigenvalue weighted by Crippen LogP contribution is 2.29. The van der Waals surface area contributed by atoms with Crippen LogP contribution in [0, 0.1) is 6.92 Å². The Morgan fingerprint density at radius 1 is 1.21 bits per heavy atom. The van der Waals surface area contributed by atoms with Crippen LogP contribution in [0.15, 0.2) is 48.8 Å². The second-order valence-corrected chi connectivity index (χ2v) is 4.99. The number of rotatable bonds is 2. The maximum Gasteiger partial charge on any atom is 0.0668 e. The molecular formula is C16H19N3. The Morgan fingerprint density at radius 3 is 2.84 bits per heavy atom. The molecule has 3 rings (SSSR count). The number of nitrogens with zero attached hydrogens (tertiary/aromatic N) is 2. The molecule has 0 radical (unpaired) electrons. The zero-order valence-corrected chi connectivity index (χ0v) is 11.2. The molecular weight excluding hydrogens is 234 g/mol. The largest absolute Gasteiger partial charge is 0.360 e. The van der Waals surface area contributed by atoms with E-state index in [0.717, 1.165) is 19.6 Å². The van der Waals surface area contributed by atoms with E-state index in [0.29, 0.717) is 6.04 Å². The molecule has 19 heavy (non-hydrogen) atoms. The number of aromatic nitrogens is 1. The quantitative estimate of drug-likeness (QED) is 0.891. The van der Waals surface area contributed by atoms with Gasteiger partial charge in [0, 0.05) is 25.8 Å². The van der Waals surface area contributed by atoms with Crippen molar-refractivity contribution in [1.29, 1.82) is 0 Å². The molecule has 1 aromatic carbocycles. The van der Waals surface area contributed by atoms with Crippen molar-refractivity contribution in [1.82, 2.24) is 10.3 Å². The Morgan fingerprint density at radius 2 is 2.05 bits per heavy atom. The highest BCUT2D eigenvalue weighted by Gasteiger charge is 2.24. The van der Waals surface area contributed by atoms with Gasteiger partial charge in [0.15, 0.2) is 0 Å². The molecule has 1 atom stereocenters. The zero-order chi connectivity index (χ0) is 13.1. The van der Waals surface area contributed by atoms with Crippen LogP contribution in [-0.4, -0.2) is 24.6 Å². The summed E-state index contributed by atoms with van der Waals surface area (Å²) in [4.78, 5) is 6.75. The molecule has 3 nitrogen and oxygen atoms in total. The lowest BCUT2D eigenvalue weighted by atomic mass is 10.0. The van der Waals surface area contributed by atoms with Crippen LogP contribution in [0.25, 0.3) is 0 Å². The average Bonchev–Trinajstić information content (AvgIpc) is 2.49. The van der Waals surface area contributed by atoms with E-state index in [4.69, 9.17) is 0 Å². The van der Waals surface area contributed by atoms with Crippen molar-refractivity contribution >= 4 is 5.69 Å². The fourth-order valence-electron chi connectivity index (χ4n) is 2.72. The molecule has 2 aromatic rings. The number of pyridine rings is 1. The minimum atomic E-state index is 0.387. The van der Waals surface area contributed by atoms with Crippen LogP contribution in [0.5, 0.6) is 0 Å². The van der Waals surface area contributed by atoms with Gasteiger partial charge in [-0.25, -0.2) is 0 Å². The number of benzene rings is 1. The van der Waals surface area contributed by atoms with Gasteiger partial charge in [0.1, 0.15) is 0 Å². The molecule has 1 N–H and O–H groups in total. The summed E-state index contributed by atoms with van der Waals surface area (Å²) in [5, 5.41) is 3.49. The Hall–Kier alpha value is -1.87. The summed E-state index contributed by atoms with van der Waals surface area (Å²) in [6.45, 7) is 5.18. The van der Waals surface area contributed by atoms with E-state index in [-0.39, 0.29) is 0 Å². The minimum absolute atomic E-state index is 0.387. The van der Waals surface area contributed by atoms with Crippen molar-refractivity contribution in [3.05, 3.63) is 59.9 Å². The maximum atomic E-state index is 4.29. The van der Waals surface area contributed by atoms with Crippen molar-refractivity contribution in [3.63, 3.8) is 0 Å². The van der Waals surface area contributed by atoms with E-state index in [9.17, 15) is 0 Å². The Bertz CT molecular complexity index is 539. The average molecular weight is 253 g/mol. The van der Waals surface area contributed by atoms with Crippen LogP contribution in [0.4, 0.5) is 5.69 Å². The lowest BCUT2D eigenvalue weighted by molar-refractivity contribution is 0.489. The summed E-state index contributed by atoms with van der Waals surface area (Å²) in [6, 6.07) is 13.2. The van der Waals surface area contributed by atoms with E-state index in [2.05, 4.69) is 58.5 Å². The standard InChI is InChI=1S/C16H19N3/c1-13-7-8-17-11-15(13)19-10-9-18-12-16(19)14-5-3-2-4-6-14/h2-8,11,16,18H,9-10,12H2,1H3. The van der Waals surface area contributed by atoms with Gasteiger partial charge in [-0.1, -0.05) is 30.3 Å². The number of nitrogens with one attached hydrogen (secondary N) is 1. The lowest BCUT2D eigenvalue weighted by Crippen LogP contribution is -2.46. The van der Waals surface area contributed by atoms with Gasteiger partial charge in [0.05, 0.1) is 17.9 Å². The lowest BCUT2D eigenvalue weighted by Gasteiger charge is -2.38. The summed E-state index contributed by atoms with van der Waals surface area (Å²) < 4.78 is 0. The van der Waals surface area contributed by atoms with Crippen molar-refractivity contribution in [2.75, 3.05) is 24.5 Å². The van der Waals surface area contributed by atoms with Gasteiger partial charge in [-0.3, -0.25) is 4.98 Å². The SMILES string of the molecule is Cc1ccncc1N1CCNCC1c1ccccc1. The fourth-order valence-corrected chi connectivity index (χ4v) is 2.72. The number of anilines is 1. The highest BCUT2D eigenvalue weighted by atomic mass is 15.2. The summed E-state index contributed by atoms with van der Waals surface area (Å²) in [5.74, 6) is 0. The van der Waals surface area contributed by atoms with Crippen LogP contribution >= 0.6 is 0 Å². The third-order valence-corrected chi connectivity index (χ3v) is 3.75. The highest BCUT2D eigenvalue weighted by molar-refractivity contribution is 5.53. The van der Waals surface area contributed by atoms with Crippen molar-refractivity contribution in [3.8, 4) is 0 Å². The van der Waals surface area contributed by atoms with E-state index >= 15 is 0 Å². The first-order valence-corrected chi connectivity index (χ1v) is 6.79. The number of hydrogen-bond acceptors (Lipinski definition) is 3. The van der Waals surface area contributed by atoms with Crippen molar-refractivity contribution < 1.29 is 0 Å². The predicted molar refractivity (Wildman–Crippen MR) is 78.4 cm³/mol. The maximum absolute atomic E-state index is 4.29. The topological polar surface area (TPSA) is 28.2 Å². The fraction of sp³-hybridized carbons (Fsp3) is 0.312. The van der Waals surface area contributed by atoms with Crippen LogP contribution in [0.1, 0.15) is 17.2 Å². The number of piperazine rings is 1. The molecule has 1 saturated heterocycles. The van der Waals surface area contributed by atoms with E-state index < -0.39 is 0 Å². The van der Waals surface area contributed by atoms with Crippen LogP contribution < -0.4 is 10.2 Å². The summed E-state index contributed by atoms with van der Waals surface area (Å²) >= 11 is 0. The third kappa shape index (κ3) is 2.47. The Kier molecular flexibility index (Phi) is 3.47. The van der Waals surface area contributed by atoms with Gasteiger partial charge in [-0.05, 0) is 24.1 Å². The van der Waals surface area contributed by atoms with Gasteiger partial charge in [-0.2, -0.15) is 0 Å². The number of aryl methyl sites for hydroxylation is 1. The van der Waals surface area contributed by atoms with Gasteiger partial charge in [-0.15, -0.1) is 0 Å². The first-order chi connectivity index (χ1) is 9.36. The van der Waals surface area contributed by atoms with Crippen molar-refractivity contribution in [2.24, 2.45) is 0 Å². The molecule has 0 bridgehead atoms. The molecule has 2 heterocycles. The molecule has 0 amide bonds. The normalized spacial score (nSPS) is 19.4. The molecule has 98 valence electrons. The van der Waals surface area contributed by atoms with Crippen LogP contribution in [-0.2, 0) is 0 Å². The molecule has 1 aliphatic rings. The van der Waals surface area contributed by atoms with Gasteiger partial charge in [0.2, 0.25) is 0 Å². The summed E-state index contributed by atoms with van der Waals surface area (Å²) in [6.07, 6.45) is 3.84. The molecule has 0 aliphatic carbocycles. The van der Waals surface area contributed by atoms with Crippen molar-refractivity contribution in [2.45, 2.75) is 13.0 Å². The molecule has 1 fully saturated rings. The first-order valence-electron chi connectivity index (χ1n) is 6.79. The second kappa shape index (κ2) is 5.41. The van der Waals surface area contributed by atoms with Crippen LogP contribution in [0.2, 0.25) is 0 Å². The Balaban J connectivity index is 1.96. The van der Waals surface area contributed by atoms with E-state index in [1.165, 1.54) is 16.8 Å². The predicted octanol–water partition coefficient (Wildman–Crippen LogP) is 2.54. The van der Waals surface area contributed by atoms with E-state index in [1.807, 2.05) is 12.4 Å². The smallest absolute Gasteiger partial charge is 0.0668 e. The molecule has 1 aliphatic heterocycles.